The fraction of sp³-hybridized carbons (Fsp3) is 0.667. The molecule has 114 valence electrons. The molecule has 1 aliphatic carbocycles. The van der Waals surface area contributed by atoms with Crippen LogP contribution in [-0.4, -0.2) is 20.0 Å². The van der Waals surface area contributed by atoms with Crippen LogP contribution in [0.1, 0.15) is 67.4 Å². The van der Waals surface area contributed by atoms with Crippen molar-refractivity contribution in [1.29, 1.82) is 0 Å². The number of fused-ring (bicyclic) bond motifs is 1. The predicted octanol–water partition coefficient (Wildman–Crippen LogP) is 2.96. The molecule has 0 aromatic carbocycles. The van der Waals surface area contributed by atoms with E-state index >= 15 is 0 Å². The van der Waals surface area contributed by atoms with Gasteiger partial charge in [0.25, 0.3) is 0 Å². The van der Waals surface area contributed by atoms with Crippen molar-refractivity contribution in [3.8, 4) is 5.13 Å². The summed E-state index contributed by atoms with van der Waals surface area (Å²) in [6.45, 7) is 4.86. The molecule has 2 heterocycles. The SMILES string of the molecule is CCC(CC)c1c(CN)nnn1-c1nc2c(s1)CCCC2. The molecule has 0 radical (unpaired) electrons. The summed E-state index contributed by atoms with van der Waals surface area (Å²) in [6.07, 6.45) is 6.93. The molecule has 0 amide bonds. The first-order valence-electron chi connectivity index (χ1n) is 7.91. The summed E-state index contributed by atoms with van der Waals surface area (Å²) < 4.78 is 1.95. The quantitative estimate of drug-likeness (QED) is 0.922. The zero-order valence-corrected chi connectivity index (χ0v) is 13.6. The van der Waals surface area contributed by atoms with Crippen LogP contribution in [0.5, 0.6) is 0 Å². The molecule has 1 aliphatic rings. The molecule has 3 rings (SSSR count). The normalized spacial score (nSPS) is 14.7. The van der Waals surface area contributed by atoms with Gasteiger partial charge in [0.1, 0.15) is 5.69 Å². The first kappa shape index (κ1) is 14.7. The highest BCUT2D eigenvalue weighted by Crippen LogP contribution is 2.32. The third-order valence-electron chi connectivity index (χ3n) is 4.36. The molecule has 0 saturated carbocycles. The summed E-state index contributed by atoms with van der Waals surface area (Å²) in [4.78, 5) is 6.25. The van der Waals surface area contributed by atoms with Crippen LogP contribution >= 0.6 is 11.3 Å². The third-order valence-corrected chi connectivity index (χ3v) is 5.49. The molecule has 6 heteroatoms. The summed E-state index contributed by atoms with van der Waals surface area (Å²) in [5, 5.41) is 9.61. The molecule has 0 atom stereocenters. The second kappa shape index (κ2) is 6.23. The van der Waals surface area contributed by atoms with Crippen LogP contribution in [-0.2, 0) is 19.4 Å². The van der Waals surface area contributed by atoms with Gasteiger partial charge in [0.2, 0.25) is 5.13 Å². The van der Waals surface area contributed by atoms with E-state index in [0.29, 0.717) is 12.5 Å². The van der Waals surface area contributed by atoms with E-state index in [1.165, 1.54) is 23.4 Å². The molecule has 0 spiro atoms. The Morgan fingerprint density at radius 1 is 1.24 bits per heavy atom. The van der Waals surface area contributed by atoms with Crippen molar-refractivity contribution in [2.24, 2.45) is 5.73 Å². The summed E-state index contributed by atoms with van der Waals surface area (Å²) in [7, 11) is 0. The number of hydrogen-bond acceptors (Lipinski definition) is 5. The molecular formula is C15H23N5S. The smallest absolute Gasteiger partial charge is 0.212 e. The lowest BCUT2D eigenvalue weighted by molar-refractivity contribution is 0.589. The van der Waals surface area contributed by atoms with Crippen molar-refractivity contribution >= 4 is 11.3 Å². The van der Waals surface area contributed by atoms with Gasteiger partial charge in [-0.05, 0) is 38.5 Å². The Morgan fingerprint density at radius 3 is 2.67 bits per heavy atom. The second-order valence-electron chi connectivity index (χ2n) is 5.62. The number of hydrogen-bond donors (Lipinski definition) is 1. The minimum atomic E-state index is 0.441. The van der Waals surface area contributed by atoms with Gasteiger partial charge in [-0.3, -0.25) is 0 Å². The fourth-order valence-electron chi connectivity index (χ4n) is 3.12. The number of nitrogens with zero attached hydrogens (tertiary/aromatic N) is 4. The van der Waals surface area contributed by atoms with E-state index in [2.05, 4.69) is 24.2 Å². The van der Waals surface area contributed by atoms with Crippen LogP contribution in [0.4, 0.5) is 0 Å². The fourth-order valence-corrected chi connectivity index (χ4v) is 4.23. The number of rotatable bonds is 5. The zero-order valence-electron chi connectivity index (χ0n) is 12.8. The number of thiazole rings is 1. The Morgan fingerprint density at radius 2 is 2.00 bits per heavy atom. The van der Waals surface area contributed by atoms with Gasteiger partial charge in [-0.15, -0.1) is 5.10 Å². The van der Waals surface area contributed by atoms with E-state index in [-0.39, 0.29) is 0 Å². The maximum atomic E-state index is 5.85. The number of aryl methyl sites for hydroxylation is 2. The minimum Gasteiger partial charge on any atom is -0.325 e. The number of aromatic nitrogens is 4. The van der Waals surface area contributed by atoms with E-state index in [1.807, 2.05) is 4.68 Å². The van der Waals surface area contributed by atoms with Crippen LogP contribution in [0.3, 0.4) is 0 Å². The molecule has 21 heavy (non-hydrogen) atoms. The Bertz CT molecular complexity index is 588. The van der Waals surface area contributed by atoms with Gasteiger partial charge in [0.05, 0.1) is 11.4 Å². The lowest BCUT2D eigenvalue weighted by Crippen LogP contribution is -2.10. The maximum absolute atomic E-state index is 5.85. The Balaban J connectivity index is 2.05. The third kappa shape index (κ3) is 2.62. The average molecular weight is 305 g/mol. The van der Waals surface area contributed by atoms with Crippen molar-refractivity contribution in [3.05, 3.63) is 22.0 Å². The Hall–Kier alpha value is -1.27. The molecule has 0 saturated heterocycles. The lowest BCUT2D eigenvalue weighted by atomic mass is 9.97. The van der Waals surface area contributed by atoms with Gasteiger partial charge >= 0.3 is 0 Å². The first-order valence-corrected chi connectivity index (χ1v) is 8.73. The van der Waals surface area contributed by atoms with Crippen molar-refractivity contribution < 1.29 is 0 Å². The molecular weight excluding hydrogens is 282 g/mol. The highest BCUT2D eigenvalue weighted by atomic mass is 32.1. The van der Waals surface area contributed by atoms with Crippen LogP contribution in [0, 0.1) is 0 Å². The highest BCUT2D eigenvalue weighted by molar-refractivity contribution is 7.14. The van der Waals surface area contributed by atoms with Gasteiger partial charge in [0.15, 0.2) is 0 Å². The van der Waals surface area contributed by atoms with Crippen molar-refractivity contribution in [1.82, 2.24) is 20.0 Å². The van der Waals surface area contributed by atoms with Crippen LogP contribution in [0.15, 0.2) is 0 Å². The standard InChI is InChI=1S/C15H23N5S/c1-3-10(4-2)14-12(9-16)18-19-20(14)15-17-11-7-5-6-8-13(11)21-15/h10H,3-9,16H2,1-2H3. The topological polar surface area (TPSA) is 69.6 Å². The van der Waals surface area contributed by atoms with Crippen LogP contribution in [0.25, 0.3) is 5.13 Å². The van der Waals surface area contributed by atoms with E-state index in [4.69, 9.17) is 10.7 Å². The molecule has 0 unspecified atom stereocenters. The highest BCUT2D eigenvalue weighted by Gasteiger charge is 2.23. The Kier molecular flexibility index (Phi) is 4.35. The monoisotopic (exact) mass is 305 g/mol. The van der Waals surface area contributed by atoms with E-state index in [0.717, 1.165) is 42.2 Å². The molecule has 0 bridgehead atoms. The minimum absolute atomic E-state index is 0.441. The summed E-state index contributed by atoms with van der Waals surface area (Å²) >= 11 is 1.77. The summed E-state index contributed by atoms with van der Waals surface area (Å²) in [6, 6.07) is 0. The second-order valence-corrected chi connectivity index (χ2v) is 6.69. The first-order chi connectivity index (χ1) is 10.3. The van der Waals surface area contributed by atoms with Gasteiger partial charge < -0.3 is 5.73 Å². The summed E-state index contributed by atoms with van der Waals surface area (Å²) in [5.41, 5.74) is 9.19. The van der Waals surface area contributed by atoms with Crippen molar-refractivity contribution in [3.63, 3.8) is 0 Å². The number of nitrogens with two attached hydrogens (primary N) is 1. The van der Waals surface area contributed by atoms with Gasteiger partial charge in [-0.25, -0.2) is 4.98 Å². The summed E-state index contributed by atoms with van der Waals surface area (Å²) in [5.74, 6) is 0.444. The average Bonchev–Trinajstić information content (AvgIpc) is 3.11. The molecule has 0 fully saturated rings. The van der Waals surface area contributed by atoms with Gasteiger partial charge in [0, 0.05) is 17.3 Å². The Labute approximate surface area is 129 Å². The van der Waals surface area contributed by atoms with Crippen molar-refractivity contribution in [2.75, 3.05) is 0 Å². The van der Waals surface area contributed by atoms with E-state index in [9.17, 15) is 0 Å². The van der Waals surface area contributed by atoms with Crippen molar-refractivity contribution in [2.45, 2.75) is 64.8 Å². The van der Waals surface area contributed by atoms with Crippen LogP contribution < -0.4 is 5.73 Å². The molecule has 5 nitrogen and oxygen atoms in total. The van der Waals surface area contributed by atoms with Crippen LogP contribution in [0.2, 0.25) is 0 Å². The largest absolute Gasteiger partial charge is 0.325 e. The molecule has 0 aliphatic heterocycles. The maximum Gasteiger partial charge on any atom is 0.212 e. The van der Waals surface area contributed by atoms with E-state index < -0.39 is 0 Å². The predicted molar refractivity (Wildman–Crippen MR) is 84.9 cm³/mol. The van der Waals surface area contributed by atoms with Gasteiger partial charge in [-0.2, -0.15) is 4.68 Å². The van der Waals surface area contributed by atoms with Gasteiger partial charge in [-0.1, -0.05) is 30.4 Å². The zero-order chi connectivity index (χ0) is 14.8. The molecule has 2 aromatic rings. The lowest BCUT2D eigenvalue weighted by Gasteiger charge is -2.14. The molecule has 2 aromatic heterocycles. The molecule has 2 N–H and O–H groups in total. The van der Waals surface area contributed by atoms with E-state index in [1.54, 1.807) is 11.3 Å².